The van der Waals surface area contributed by atoms with Crippen LogP contribution < -0.4 is 15.7 Å². The lowest BCUT2D eigenvalue weighted by atomic mass is 9.94. The Morgan fingerprint density at radius 3 is 2.66 bits per heavy atom. The van der Waals surface area contributed by atoms with E-state index in [1.807, 2.05) is 12.1 Å². The zero-order valence-corrected chi connectivity index (χ0v) is 28.2. The number of ether oxygens (including phenoxy) is 1. The SMILES string of the molecule is CC(C)(C)c1cnc(CSc2cnc(NC(=O)C3CCN(CCCOc4cc(O)cc5oc(=O)cc(-c6ccncc6)c45)CC3)s2)o1. The maximum atomic E-state index is 13.0. The average molecular weight is 676 g/mol. The fourth-order valence-corrected chi connectivity index (χ4v) is 7.19. The Balaban J connectivity index is 0.959. The van der Waals surface area contributed by atoms with Crippen molar-refractivity contribution in [1.29, 1.82) is 0 Å². The van der Waals surface area contributed by atoms with Gasteiger partial charge in [0.05, 0.1) is 34.3 Å². The van der Waals surface area contributed by atoms with Crippen LogP contribution >= 0.6 is 23.1 Å². The number of benzene rings is 1. The largest absolute Gasteiger partial charge is 0.508 e. The topological polar surface area (TPSA) is 144 Å². The number of aromatic nitrogens is 3. The van der Waals surface area contributed by atoms with Crippen molar-refractivity contribution in [2.24, 2.45) is 5.92 Å². The summed E-state index contributed by atoms with van der Waals surface area (Å²) in [5.74, 6) is 2.48. The highest BCUT2D eigenvalue weighted by Crippen LogP contribution is 2.37. The number of likely N-dealkylation sites (tertiary alicyclic amines) is 1. The van der Waals surface area contributed by atoms with E-state index in [1.54, 1.807) is 42.6 Å². The van der Waals surface area contributed by atoms with Crippen molar-refractivity contribution in [2.45, 2.75) is 55.4 Å². The maximum absolute atomic E-state index is 13.0. The molecule has 6 rings (SSSR count). The first-order valence-electron chi connectivity index (χ1n) is 15.5. The molecule has 2 N–H and O–H groups in total. The third kappa shape index (κ3) is 8.21. The molecule has 0 saturated carbocycles. The molecule has 1 aliphatic heterocycles. The molecule has 246 valence electrons. The molecular formula is C34H37N5O6S2. The number of phenolic OH excluding ortho intramolecular Hbond substituents is 1. The molecule has 4 aromatic heterocycles. The first kappa shape index (κ1) is 32.7. The number of pyridine rings is 1. The van der Waals surface area contributed by atoms with E-state index in [0.29, 0.717) is 40.1 Å². The van der Waals surface area contributed by atoms with Crippen LogP contribution in [0.3, 0.4) is 0 Å². The van der Waals surface area contributed by atoms with Crippen molar-refractivity contribution in [3.8, 4) is 22.6 Å². The molecule has 1 fully saturated rings. The molecule has 13 heteroatoms. The Kier molecular flexibility index (Phi) is 9.95. The molecule has 47 heavy (non-hydrogen) atoms. The molecule has 0 spiro atoms. The van der Waals surface area contributed by atoms with Gasteiger partial charge in [-0.1, -0.05) is 32.1 Å². The highest BCUT2D eigenvalue weighted by molar-refractivity contribution is 8.00. The number of oxazole rings is 1. The fraction of sp³-hybridized carbons (Fsp3) is 0.382. The molecule has 0 radical (unpaired) electrons. The molecule has 5 aromatic rings. The Bertz CT molecular complexity index is 1890. The number of piperidine rings is 1. The summed E-state index contributed by atoms with van der Waals surface area (Å²) in [6.07, 6.45) is 9.16. The molecule has 1 amide bonds. The highest BCUT2D eigenvalue weighted by Gasteiger charge is 2.26. The number of carbonyl (C=O) groups is 1. The summed E-state index contributed by atoms with van der Waals surface area (Å²) in [5, 5.41) is 14.5. The summed E-state index contributed by atoms with van der Waals surface area (Å²) in [7, 11) is 0. The van der Waals surface area contributed by atoms with Gasteiger partial charge in [-0.2, -0.15) is 0 Å². The summed E-state index contributed by atoms with van der Waals surface area (Å²) < 4.78 is 18.4. The lowest BCUT2D eigenvalue weighted by molar-refractivity contribution is -0.121. The number of phenols is 1. The van der Waals surface area contributed by atoms with Crippen molar-refractivity contribution < 1.29 is 23.5 Å². The molecule has 0 atom stereocenters. The average Bonchev–Trinajstić information content (AvgIpc) is 3.72. The second-order valence-corrected chi connectivity index (χ2v) is 14.8. The number of amides is 1. The second kappa shape index (κ2) is 14.3. The summed E-state index contributed by atoms with van der Waals surface area (Å²) in [4.78, 5) is 40.4. The number of hydrogen-bond donors (Lipinski definition) is 2. The van der Waals surface area contributed by atoms with Crippen LogP contribution in [0, 0.1) is 5.92 Å². The Morgan fingerprint density at radius 1 is 1.13 bits per heavy atom. The minimum atomic E-state index is -0.512. The maximum Gasteiger partial charge on any atom is 0.336 e. The van der Waals surface area contributed by atoms with Gasteiger partial charge >= 0.3 is 5.63 Å². The van der Waals surface area contributed by atoms with Crippen LogP contribution in [0.5, 0.6) is 11.5 Å². The normalized spacial score (nSPS) is 14.4. The molecule has 1 aromatic carbocycles. The second-order valence-electron chi connectivity index (χ2n) is 12.5. The summed E-state index contributed by atoms with van der Waals surface area (Å²) in [6.45, 7) is 9.13. The number of hydrogen-bond acceptors (Lipinski definition) is 12. The molecule has 11 nitrogen and oxygen atoms in total. The van der Waals surface area contributed by atoms with E-state index in [0.717, 1.165) is 54.4 Å². The van der Waals surface area contributed by atoms with E-state index in [4.69, 9.17) is 13.6 Å². The lowest BCUT2D eigenvalue weighted by Gasteiger charge is -2.31. The molecule has 0 unspecified atom stereocenters. The van der Waals surface area contributed by atoms with E-state index in [9.17, 15) is 14.7 Å². The van der Waals surface area contributed by atoms with E-state index in [-0.39, 0.29) is 28.6 Å². The summed E-state index contributed by atoms with van der Waals surface area (Å²) in [6, 6.07) is 8.01. The molecular weight excluding hydrogens is 639 g/mol. The van der Waals surface area contributed by atoms with Crippen LogP contribution in [-0.2, 0) is 16.0 Å². The number of nitrogens with zero attached hydrogens (tertiary/aromatic N) is 4. The van der Waals surface area contributed by atoms with Gasteiger partial charge in [-0.25, -0.2) is 14.8 Å². The van der Waals surface area contributed by atoms with Crippen LogP contribution in [0.2, 0.25) is 0 Å². The molecule has 0 bridgehead atoms. The van der Waals surface area contributed by atoms with Gasteiger partial charge < -0.3 is 28.9 Å². The van der Waals surface area contributed by atoms with Crippen molar-refractivity contribution in [2.75, 3.05) is 31.6 Å². The zero-order chi connectivity index (χ0) is 33.0. The first-order chi connectivity index (χ1) is 22.6. The Labute approximate surface area is 280 Å². The summed E-state index contributed by atoms with van der Waals surface area (Å²) >= 11 is 3.05. The minimum absolute atomic E-state index is 0.00817. The third-order valence-corrected chi connectivity index (χ3v) is 10.1. The van der Waals surface area contributed by atoms with Gasteiger partial charge in [0.15, 0.2) is 5.13 Å². The third-order valence-electron chi connectivity index (χ3n) is 7.96. The predicted molar refractivity (Wildman–Crippen MR) is 182 cm³/mol. The van der Waals surface area contributed by atoms with Gasteiger partial charge in [-0.05, 0) is 50.0 Å². The number of thiazole rings is 1. The van der Waals surface area contributed by atoms with Crippen LogP contribution in [0.4, 0.5) is 5.13 Å². The van der Waals surface area contributed by atoms with Gasteiger partial charge in [0.25, 0.3) is 0 Å². The number of aromatic hydroxyl groups is 1. The molecule has 0 aliphatic carbocycles. The van der Waals surface area contributed by atoms with Crippen LogP contribution in [0.25, 0.3) is 22.1 Å². The van der Waals surface area contributed by atoms with Crippen molar-refractivity contribution >= 4 is 45.1 Å². The van der Waals surface area contributed by atoms with Crippen LogP contribution in [0.15, 0.2) is 73.0 Å². The first-order valence-corrected chi connectivity index (χ1v) is 17.3. The van der Waals surface area contributed by atoms with Crippen molar-refractivity contribution in [3.63, 3.8) is 0 Å². The zero-order valence-electron chi connectivity index (χ0n) is 26.5. The van der Waals surface area contributed by atoms with Gasteiger partial charge in [0, 0.05) is 54.0 Å². The monoisotopic (exact) mass is 675 g/mol. The van der Waals surface area contributed by atoms with Gasteiger partial charge in [-0.3, -0.25) is 9.78 Å². The van der Waals surface area contributed by atoms with Crippen LogP contribution in [-0.4, -0.2) is 57.1 Å². The smallest absolute Gasteiger partial charge is 0.336 e. The van der Waals surface area contributed by atoms with E-state index in [1.165, 1.54) is 23.5 Å². The standard InChI is InChI=1S/C34H37N5O6S2/c1-34(2,3)27-18-36-28(45-27)20-46-30-19-37-33(47-30)38-32(42)22-7-12-39(13-8-22)11-4-14-43-25-15-23(40)16-26-31(25)24(17-29(41)44-26)21-5-9-35-10-6-21/h5-6,9-10,15-19,22,40H,4,7-8,11-14,20H2,1-3H3,(H,37,38,42). The highest BCUT2D eigenvalue weighted by atomic mass is 32.2. The number of fused-ring (bicyclic) bond motifs is 1. The minimum Gasteiger partial charge on any atom is -0.508 e. The van der Waals surface area contributed by atoms with E-state index >= 15 is 0 Å². The fourth-order valence-electron chi connectivity index (χ4n) is 5.46. The number of anilines is 1. The lowest BCUT2D eigenvalue weighted by Crippen LogP contribution is -2.38. The summed E-state index contributed by atoms with van der Waals surface area (Å²) in [5.41, 5.74) is 1.12. The number of rotatable bonds is 11. The van der Waals surface area contributed by atoms with E-state index in [2.05, 4.69) is 45.9 Å². The van der Waals surface area contributed by atoms with E-state index < -0.39 is 5.63 Å². The molecule has 5 heterocycles. The van der Waals surface area contributed by atoms with Crippen LogP contribution in [0.1, 0.15) is 51.7 Å². The number of thioether (sulfide) groups is 1. The van der Waals surface area contributed by atoms with Gasteiger partial charge in [0.1, 0.15) is 22.8 Å². The predicted octanol–water partition coefficient (Wildman–Crippen LogP) is 6.71. The number of nitrogens with one attached hydrogen (secondary N) is 1. The Morgan fingerprint density at radius 2 is 1.91 bits per heavy atom. The quantitative estimate of drug-likeness (QED) is 0.0875. The number of carbonyl (C=O) groups excluding carboxylic acids is 1. The van der Waals surface area contributed by atoms with Gasteiger partial charge in [-0.15, -0.1) is 11.8 Å². The van der Waals surface area contributed by atoms with Gasteiger partial charge in [0.2, 0.25) is 11.8 Å². The van der Waals surface area contributed by atoms with Crippen molar-refractivity contribution in [3.05, 3.63) is 77.2 Å². The Hall–Kier alpha value is -4.20. The van der Waals surface area contributed by atoms with Crippen molar-refractivity contribution in [1.82, 2.24) is 19.9 Å². The molecule has 1 saturated heterocycles. The molecule has 1 aliphatic rings.